The van der Waals surface area contributed by atoms with Crippen LogP contribution in [0.2, 0.25) is 0 Å². The van der Waals surface area contributed by atoms with Crippen molar-refractivity contribution in [3.63, 3.8) is 0 Å². The summed E-state index contributed by atoms with van der Waals surface area (Å²) < 4.78 is 0. The Kier molecular flexibility index (Phi) is 3.66. The van der Waals surface area contributed by atoms with Gasteiger partial charge in [-0.25, -0.2) is 0 Å². The van der Waals surface area contributed by atoms with Crippen LogP contribution >= 0.6 is 11.3 Å². The molecule has 0 aliphatic carbocycles. The van der Waals surface area contributed by atoms with Gasteiger partial charge < -0.3 is 5.11 Å². The topological polar surface area (TPSA) is 92.9 Å². The number of carbonyl (C=O) groups is 1. The maximum Gasteiger partial charge on any atom is 0.270 e. The standard InChI is InChI=1S/C10H9N5O2S/c1-15-13-10(12-14-15)11-9(17)7-5-8(18-6-7)3-2-4-16/h5-6,16H,4H2,1H3,(H,11,13,17). The van der Waals surface area contributed by atoms with Crippen LogP contribution in [0.25, 0.3) is 0 Å². The van der Waals surface area contributed by atoms with Gasteiger partial charge in [-0.1, -0.05) is 16.9 Å². The molecule has 0 spiro atoms. The summed E-state index contributed by atoms with van der Waals surface area (Å²) in [6.07, 6.45) is 0. The van der Waals surface area contributed by atoms with E-state index < -0.39 is 0 Å². The first-order valence-electron chi connectivity index (χ1n) is 4.92. The number of rotatable bonds is 2. The van der Waals surface area contributed by atoms with Crippen LogP contribution in [0.5, 0.6) is 0 Å². The van der Waals surface area contributed by atoms with E-state index in [1.54, 1.807) is 18.5 Å². The first-order valence-corrected chi connectivity index (χ1v) is 5.80. The summed E-state index contributed by atoms with van der Waals surface area (Å²) in [6.45, 7) is -0.205. The maximum absolute atomic E-state index is 11.8. The molecule has 18 heavy (non-hydrogen) atoms. The smallest absolute Gasteiger partial charge is 0.270 e. The average molecular weight is 263 g/mol. The van der Waals surface area contributed by atoms with Gasteiger partial charge >= 0.3 is 0 Å². The second-order valence-corrected chi connectivity index (χ2v) is 4.13. The molecule has 8 heteroatoms. The minimum atomic E-state index is -0.323. The Bertz CT molecular complexity index is 621. The number of amides is 1. The molecule has 0 atom stereocenters. The maximum atomic E-state index is 11.8. The first-order chi connectivity index (χ1) is 8.69. The predicted octanol–water partition coefficient (Wildman–Crippen LogP) is -0.132. The number of thiophene rings is 1. The highest BCUT2D eigenvalue weighted by Crippen LogP contribution is 2.14. The number of hydrogen-bond acceptors (Lipinski definition) is 6. The number of anilines is 1. The van der Waals surface area contributed by atoms with Gasteiger partial charge in [0.25, 0.3) is 11.9 Å². The summed E-state index contributed by atoms with van der Waals surface area (Å²) >= 11 is 1.33. The fourth-order valence-corrected chi connectivity index (χ4v) is 1.91. The molecule has 2 heterocycles. The van der Waals surface area contributed by atoms with Crippen molar-refractivity contribution < 1.29 is 9.90 Å². The van der Waals surface area contributed by atoms with E-state index in [4.69, 9.17) is 5.11 Å². The summed E-state index contributed by atoms with van der Waals surface area (Å²) in [4.78, 5) is 13.8. The van der Waals surface area contributed by atoms with Gasteiger partial charge in [0.2, 0.25) is 0 Å². The van der Waals surface area contributed by atoms with Crippen LogP contribution in [0.3, 0.4) is 0 Å². The molecule has 7 nitrogen and oxygen atoms in total. The molecule has 0 aromatic carbocycles. The summed E-state index contributed by atoms with van der Waals surface area (Å²) in [5, 5.41) is 23.8. The van der Waals surface area contributed by atoms with Gasteiger partial charge in [0.1, 0.15) is 6.61 Å². The molecular weight excluding hydrogens is 254 g/mol. The Hall–Kier alpha value is -2.24. The van der Waals surface area contributed by atoms with E-state index in [2.05, 4.69) is 32.6 Å². The molecule has 0 bridgehead atoms. The van der Waals surface area contributed by atoms with Crippen LogP contribution in [-0.4, -0.2) is 37.8 Å². The minimum Gasteiger partial charge on any atom is -0.384 e. The van der Waals surface area contributed by atoms with Crippen LogP contribution in [0.1, 0.15) is 15.2 Å². The average Bonchev–Trinajstić information content (AvgIpc) is 2.96. The van der Waals surface area contributed by atoms with E-state index >= 15 is 0 Å². The fraction of sp³-hybridized carbons (Fsp3) is 0.200. The largest absolute Gasteiger partial charge is 0.384 e. The number of carbonyl (C=O) groups excluding carboxylic acids is 1. The molecule has 2 aromatic rings. The Morgan fingerprint density at radius 1 is 1.67 bits per heavy atom. The molecule has 0 aliphatic heterocycles. The molecule has 0 unspecified atom stereocenters. The third kappa shape index (κ3) is 2.91. The number of hydrogen-bond donors (Lipinski definition) is 2. The number of aliphatic hydroxyl groups excluding tert-OH is 1. The monoisotopic (exact) mass is 263 g/mol. The molecule has 2 aromatic heterocycles. The molecule has 0 fully saturated rings. The highest BCUT2D eigenvalue weighted by Gasteiger charge is 2.10. The zero-order valence-corrected chi connectivity index (χ0v) is 10.2. The van der Waals surface area contributed by atoms with Crippen LogP contribution in [-0.2, 0) is 7.05 Å². The van der Waals surface area contributed by atoms with Gasteiger partial charge in [0, 0.05) is 5.38 Å². The molecule has 0 aliphatic rings. The van der Waals surface area contributed by atoms with Crippen molar-refractivity contribution in [1.29, 1.82) is 0 Å². The highest BCUT2D eigenvalue weighted by molar-refractivity contribution is 7.10. The number of tetrazole rings is 1. The van der Waals surface area contributed by atoms with Crippen molar-refractivity contribution in [1.82, 2.24) is 20.2 Å². The molecule has 0 saturated carbocycles. The van der Waals surface area contributed by atoms with Crippen molar-refractivity contribution in [3.8, 4) is 11.8 Å². The third-order valence-corrected chi connectivity index (χ3v) is 2.73. The normalized spacial score (nSPS) is 9.67. The summed E-state index contributed by atoms with van der Waals surface area (Å²) in [5.41, 5.74) is 0.467. The first kappa shape index (κ1) is 12.2. The van der Waals surface area contributed by atoms with Crippen molar-refractivity contribution in [2.75, 3.05) is 11.9 Å². The van der Waals surface area contributed by atoms with E-state index in [0.717, 1.165) is 0 Å². The predicted molar refractivity (Wildman–Crippen MR) is 65.0 cm³/mol. The lowest BCUT2D eigenvalue weighted by atomic mass is 10.3. The van der Waals surface area contributed by atoms with Gasteiger partial charge in [0.05, 0.1) is 17.5 Å². The summed E-state index contributed by atoms with van der Waals surface area (Å²) in [7, 11) is 1.61. The number of aryl methyl sites for hydroxylation is 1. The van der Waals surface area contributed by atoms with E-state index in [1.165, 1.54) is 16.1 Å². The Balaban J connectivity index is 2.07. The second-order valence-electron chi connectivity index (χ2n) is 3.22. The van der Waals surface area contributed by atoms with Crippen LogP contribution in [0.4, 0.5) is 5.95 Å². The second kappa shape index (κ2) is 5.39. The van der Waals surface area contributed by atoms with Gasteiger partial charge in [-0.15, -0.1) is 16.4 Å². The lowest BCUT2D eigenvalue weighted by molar-refractivity contribution is 0.102. The number of aliphatic hydroxyl groups is 1. The van der Waals surface area contributed by atoms with Gasteiger partial charge in [-0.2, -0.15) is 4.80 Å². The van der Waals surface area contributed by atoms with E-state index in [9.17, 15) is 4.79 Å². The van der Waals surface area contributed by atoms with E-state index in [-0.39, 0.29) is 18.5 Å². The highest BCUT2D eigenvalue weighted by atomic mass is 32.1. The van der Waals surface area contributed by atoms with Crippen LogP contribution in [0, 0.1) is 11.8 Å². The van der Waals surface area contributed by atoms with Crippen molar-refractivity contribution >= 4 is 23.2 Å². The number of aromatic nitrogens is 4. The fourth-order valence-electron chi connectivity index (χ4n) is 1.16. The van der Waals surface area contributed by atoms with Crippen molar-refractivity contribution in [2.45, 2.75) is 0 Å². The van der Waals surface area contributed by atoms with Gasteiger partial charge in [-0.05, 0) is 11.3 Å². The SMILES string of the molecule is Cn1nnc(NC(=O)c2csc(C#CCO)c2)n1. The number of nitrogens with zero attached hydrogens (tertiary/aromatic N) is 4. The molecule has 92 valence electrons. The lowest BCUT2D eigenvalue weighted by Gasteiger charge is -1.95. The molecular formula is C10H9N5O2S. The third-order valence-electron chi connectivity index (χ3n) is 1.89. The Morgan fingerprint density at radius 2 is 2.50 bits per heavy atom. The summed E-state index contributed by atoms with van der Waals surface area (Å²) in [5.74, 6) is 5.07. The summed E-state index contributed by atoms with van der Waals surface area (Å²) in [6, 6.07) is 1.64. The van der Waals surface area contributed by atoms with Crippen molar-refractivity contribution in [2.24, 2.45) is 7.05 Å². The Labute approximate surface area is 106 Å². The zero-order chi connectivity index (χ0) is 13.0. The quantitative estimate of drug-likeness (QED) is 0.736. The van der Waals surface area contributed by atoms with Gasteiger partial charge in [-0.3, -0.25) is 10.1 Å². The number of nitrogens with one attached hydrogen (secondary N) is 1. The molecule has 0 saturated heterocycles. The Morgan fingerprint density at radius 3 is 3.17 bits per heavy atom. The van der Waals surface area contributed by atoms with Crippen molar-refractivity contribution in [3.05, 3.63) is 21.9 Å². The van der Waals surface area contributed by atoms with Gasteiger partial charge in [0.15, 0.2) is 0 Å². The molecule has 2 rings (SSSR count). The lowest BCUT2D eigenvalue weighted by Crippen LogP contribution is -2.12. The zero-order valence-electron chi connectivity index (χ0n) is 9.41. The minimum absolute atomic E-state index is 0.150. The molecule has 0 radical (unpaired) electrons. The van der Waals surface area contributed by atoms with Crippen LogP contribution in [0.15, 0.2) is 11.4 Å². The van der Waals surface area contributed by atoms with Crippen LogP contribution < -0.4 is 5.32 Å². The van der Waals surface area contributed by atoms with E-state index in [1.807, 2.05) is 0 Å². The van der Waals surface area contributed by atoms with E-state index in [0.29, 0.717) is 10.4 Å². The molecule has 2 N–H and O–H groups in total. The molecule has 1 amide bonds.